The van der Waals surface area contributed by atoms with Gasteiger partial charge in [-0.2, -0.15) is 5.10 Å². The standard InChI is InChI=1S/C16H16ClFN2O/c17-13-6-3-7-14(18)16(13)15(21)10-11-8-9-20(19-11)12-4-1-2-5-12/h3,6-9,12H,1-2,4-5,10H2. The Morgan fingerprint density at radius 1 is 1.33 bits per heavy atom. The molecule has 0 saturated heterocycles. The average Bonchev–Trinajstić information content (AvgIpc) is 3.08. The van der Waals surface area contributed by atoms with E-state index in [1.54, 1.807) is 0 Å². The van der Waals surface area contributed by atoms with Crippen molar-refractivity contribution in [3.63, 3.8) is 0 Å². The normalized spacial score (nSPS) is 15.5. The third-order valence-corrected chi connectivity index (χ3v) is 4.26. The van der Waals surface area contributed by atoms with Crippen molar-refractivity contribution in [2.24, 2.45) is 0 Å². The Morgan fingerprint density at radius 2 is 2.10 bits per heavy atom. The predicted octanol–water partition coefficient (Wildman–Crippen LogP) is 4.22. The summed E-state index contributed by atoms with van der Waals surface area (Å²) in [6.07, 6.45) is 6.69. The molecular weight excluding hydrogens is 291 g/mol. The van der Waals surface area contributed by atoms with Crippen LogP contribution >= 0.6 is 11.6 Å². The second kappa shape index (κ2) is 5.98. The molecule has 1 saturated carbocycles. The lowest BCUT2D eigenvalue weighted by Gasteiger charge is -2.08. The third kappa shape index (κ3) is 3.00. The van der Waals surface area contributed by atoms with Gasteiger partial charge in [-0.15, -0.1) is 0 Å². The number of ketones is 1. The molecule has 3 rings (SSSR count). The van der Waals surface area contributed by atoms with Crippen LogP contribution in [0.3, 0.4) is 0 Å². The molecule has 0 unspecified atom stereocenters. The van der Waals surface area contributed by atoms with Crippen LogP contribution in [0.5, 0.6) is 0 Å². The maximum absolute atomic E-state index is 13.7. The number of carbonyl (C=O) groups is 1. The molecule has 1 heterocycles. The van der Waals surface area contributed by atoms with Crippen molar-refractivity contribution < 1.29 is 9.18 Å². The van der Waals surface area contributed by atoms with Crippen molar-refractivity contribution in [3.8, 4) is 0 Å². The second-order valence-electron chi connectivity index (χ2n) is 5.42. The van der Waals surface area contributed by atoms with Crippen molar-refractivity contribution in [2.45, 2.75) is 38.1 Å². The summed E-state index contributed by atoms with van der Waals surface area (Å²) in [5.41, 5.74) is 0.612. The quantitative estimate of drug-likeness (QED) is 0.793. The van der Waals surface area contributed by atoms with E-state index in [0.29, 0.717) is 11.7 Å². The van der Waals surface area contributed by atoms with Crippen molar-refractivity contribution in [3.05, 3.63) is 52.6 Å². The monoisotopic (exact) mass is 306 g/mol. The van der Waals surface area contributed by atoms with Gasteiger partial charge in [-0.05, 0) is 31.0 Å². The highest BCUT2D eigenvalue weighted by molar-refractivity contribution is 6.34. The van der Waals surface area contributed by atoms with Crippen LogP contribution in [0.15, 0.2) is 30.5 Å². The molecular formula is C16H16ClFN2O. The van der Waals surface area contributed by atoms with Crippen LogP contribution in [0.2, 0.25) is 5.02 Å². The number of Topliss-reactive ketones (excluding diaryl/α,β-unsaturated/α-hetero) is 1. The summed E-state index contributed by atoms with van der Waals surface area (Å²) in [5, 5.41) is 4.60. The molecule has 3 nitrogen and oxygen atoms in total. The Kier molecular flexibility index (Phi) is 4.06. The number of carbonyl (C=O) groups excluding carboxylic acids is 1. The van der Waals surface area contributed by atoms with Crippen molar-refractivity contribution in [1.29, 1.82) is 0 Å². The van der Waals surface area contributed by atoms with Gasteiger partial charge in [0, 0.05) is 6.20 Å². The van der Waals surface area contributed by atoms with Gasteiger partial charge in [0.1, 0.15) is 5.82 Å². The Bertz CT molecular complexity index is 642. The molecule has 1 aromatic heterocycles. The van der Waals surface area contributed by atoms with Crippen molar-refractivity contribution in [2.75, 3.05) is 0 Å². The zero-order valence-corrected chi connectivity index (χ0v) is 12.3. The molecule has 0 aliphatic heterocycles. The summed E-state index contributed by atoms with van der Waals surface area (Å²) in [6, 6.07) is 6.52. The van der Waals surface area contributed by atoms with Crippen LogP contribution in [0.1, 0.15) is 47.8 Å². The molecule has 1 aliphatic rings. The smallest absolute Gasteiger partial charge is 0.173 e. The fraction of sp³-hybridized carbons (Fsp3) is 0.375. The van der Waals surface area contributed by atoms with Gasteiger partial charge < -0.3 is 0 Å². The minimum absolute atomic E-state index is 0.0467. The minimum Gasteiger partial charge on any atom is -0.294 e. The van der Waals surface area contributed by atoms with Gasteiger partial charge in [-0.25, -0.2) is 4.39 Å². The number of halogens is 2. The lowest BCUT2D eigenvalue weighted by atomic mass is 10.1. The lowest BCUT2D eigenvalue weighted by molar-refractivity contribution is 0.0988. The van der Waals surface area contributed by atoms with Crippen LogP contribution in [0.25, 0.3) is 0 Å². The fourth-order valence-electron chi connectivity index (χ4n) is 2.86. The maximum atomic E-state index is 13.7. The number of hydrogen-bond acceptors (Lipinski definition) is 2. The molecule has 1 fully saturated rings. The molecule has 1 aromatic carbocycles. The van der Waals surface area contributed by atoms with Gasteiger partial charge in [0.15, 0.2) is 5.78 Å². The van der Waals surface area contributed by atoms with E-state index in [2.05, 4.69) is 5.10 Å². The molecule has 0 amide bonds. The summed E-state index contributed by atoms with van der Waals surface area (Å²) in [6.45, 7) is 0. The van der Waals surface area contributed by atoms with Crippen LogP contribution in [0.4, 0.5) is 4.39 Å². The Balaban J connectivity index is 1.76. The number of aromatic nitrogens is 2. The van der Waals surface area contributed by atoms with E-state index >= 15 is 0 Å². The van der Waals surface area contributed by atoms with Gasteiger partial charge in [-0.3, -0.25) is 9.48 Å². The van der Waals surface area contributed by atoms with Crippen molar-refractivity contribution >= 4 is 17.4 Å². The van der Waals surface area contributed by atoms with E-state index in [-0.39, 0.29) is 22.8 Å². The van der Waals surface area contributed by atoms with E-state index in [0.717, 1.165) is 12.8 Å². The minimum atomic E-state index is -0.581. The highest BCUT2D eigenvalue weighted by Crippen LogP contribution is 2.29. The largest absolute Gasteiger partial charge is 0.294 e. The van der Waals surface area contributed by atoms with Crippen LogP contribution in [0, 0.1) is 5.82 Å². The molecule has 0 bridgehead atoms. The molecule has 0 spiro atoms. The highest BCUT2D eigenvalue weighted by atomic mass is 35.5. The zero-order valence-electron chi connectivity index (χ0n) is 11.6. The lowest BCUT2D eigenvalue weighted by Crippen LogP contribution is -2.10. The first-order valence-electron chi connectivity index (χ1n) is 7.16. The number of benzene rings is 1. The molecule has 110 valence electrons. The molecule has 21 heavy (non-hydrogen) atoms. The fourth-order valence-corrected chi connectivity index (χ4v) is 3.13. The van der Waals surface area contributed by atoms with Crippen molar-refractivity contribution in [1.82, 2.24) is 9.78 Å². The van der Waals surface area contributed by atoms with Gasteiger partial charge in [-0.1, -0.05) is 30.5 Å². The summed E-state index contributed by atoms with van der Waals surface area (Å²) in [4.78, 5) is 12.2. The number of hydrogen-bond donors (Lipinski definition) is 0. The van der Waals surface area contributed by atoms with E-state index in [4.69, 9.17) is 11.6 Å². The van der Waals surface area contributed by atoms with Crippen LogP contribution < -0.4 is 0 Å². The number of nitrogens with zero attached hydrogens (tertiary/aromatic N) is 2. The average molecular weight is 307 g/mol. The molecule has 5 heteroatoms. The van der Waals surface area contributed by atoms with Gasteiger partial charge >= 0.3 is 0 Å². The summed E-state index contributed by atoms with van der Waals surface area (Å²) in [5.74, 6) is -0.919. The molecule has 1 aliphatic carbocycles. The topological polar surface area (TPSA) is 34.9 Å². The van der Waals surface area contributed by atoms with Crippen LogP contribution in [-0.4, -0.2) is 15.6 Å². The zero-order chi connectivity index (χ0) is 14.8. The van der Waals surface area contributed by atoms with Crippen LogP contribution in [-0.2, 0) is 6.42 Å². The molecule has 0 atom stereocenters. The summed E-state index contributed by atoms with van der Waals surface area (Å²) >= 11 is 5.91. The Morgan fingerprint density at radius 3 is 2.81 bits per heavy atom. The molecule has 0 radical (unpaired) electrons. The Labute approximate surface area is 127 Å². The highest BCUT2D eigenvalue weighted by Gasteiger charge is 2.20. The van der Waals surface area contributed by atoms with E-state index in [1.165, 1.54) is 31.0 Å². The first-order chi connectivity index (χ1) is 10.1. The molecule has 2 aromatic rings. The van der Waals surface area contributed by atoms with E-state index < -0.39 is 5.82 Å². The first kappa shape index (κ1) is 14.3. The number of rotatable bonds is 4. The van der Waals surface area contributed by atoms with Gasteiger partial charge in [0.25, 0.3) is 0 Å². The Hall–Kier alpha value is -1.68. The van der Waals surface area contributed by atoms with E-state index in [9.17, 15) is 9.18 Å². The molecule has 0 N–H and O–H groups in total. The SMILES string of the molecule is O=C(Cc1ccn(C2CCCC2)n1)c1c(F)cccc1Cl. The summed E-state index contributed by atoms with van der Waals surface area (Å²) < 4.78 is 15.7. The van der Waals surface area contributed by atoms with Gasteiger partial charge in [0.05, 0.1) is 28.7 Å². The first-order valence-corrected chi connectivity index (χ1v) is 7.54. The predicted molar refractivity (Wildman–Crippen MR) is 79.2 cm³/mol. The maximum Gasteiger partial charge on any atom is 0.173 e. The second-order valence-corrected chi connectivity index (χ2v) is 5.83. The third-order valence-electron chi connectivity index (χ3n) is 3.95. The summed E-state index contributed by atoms with van der Waals surface area (Å²) in [7, 11) is 0. The van der Waals surface area contributed by atoms with E-state index in [1.807, 2.05) is 16.9 Å². The van der Waals surface area contributed by atoms with Gasteiger partial charge in [0.2, 0.25) is 0 Å².